The van der Waals surface area contributed by atoms with Gasteiger partial charge >= 0.3 is 12.1 Å². The van der Waals surface area contributed by atoms with E-state index in [0.29, 0.717) is 30.7 Å². The molecule has 0 unspecified atom stereocenters. The van der Waals surface area contributed by atoms with Crippen molar-refractivity contribution in [3.63, 3.8) is 0 Å². The summed E-state index contributed by atoms with van der Waals surface area (Å²) in [6.07, 6.45) is -2.79. The molecule has 174 valence electrons. The van der Waals surface area contributed by atoms with Crippen LogP contribution < -0.4 is 15.2 Å². The number of carbonyl (C=O) groups is 1. The van der Waals surface area contributed by atoms with Gasteiger partial charge in [0, 0.05) is 6.54 Å². The summed E-state index contributed by atoms with van der Waals surface area (Å²) in [7, 11) is 1.50. The Morgan fingerprint density at radius 1 is 1.28 bits per heavy atom. The van der Waals surface area contributed by atoms with Crippen molar-refractivity contribution in [2.45, 2.75) is 38.0 Å². The number of halogens is 3. The summed E-state index contributed by atoms with van der Waals surface area (Å²) in [4.78, 5) is 24.9. The van der Waals surface area contributed by atoms with Gasteiger partial charge in [-0.3, -0.25) is 9.59 Å². The fraction of sp³-hybridized carbons (Fsp3) is 0.476. The van der Waals surface area contributed by atoms with Gasteiger partial charge in [0.1, 0.15) is 11.3 Å². The lowest BCUT2D eigenvalue weighted by Gasteiger charge is -2.28. The van der Waals surface area contributed by atoms with E-state index in [9.17, 15) is 22.8 Å². The first-order chi connectivity index (χ1) is 15.2. The first-order valence-electron chi connectivity index (χ1n) is 10.1. The highest BCUT2D eigenvalue weighted by Crippen LogP contribution is 2.36. The summed E-state index contributed by atoms with van der Waals surface area (Å²) in [5, 5.41) is 12.7. The van der Waals surface area contributed by atoms with Crippen molar-refractivity contribution in [1.82, 2.24) is 9.78 Å². The van der Waals surface area contributed by atoms with Gasteiger partial charge in [-0.1, -0.05) is 12.1 Å². The summed E-state index contributed by atoms with van der Waals surface area (Å²) in [5.74, 6) is -0.427. The number of hydrogen-bond acceptors (Lipinski definition) is 6. The van der Waals surface area contributed by atoms with Crippen molar-refractivity contribution in [3.05, 3.63) is 51.9 Å². The highest BCUT2D eigenvalue weighted by Gasteiger charge is 2.41. The van der Waals surface area contributed by atoms with Crippen LogP contribution in [-0.2, 0) is 22.3 Å². The minimum atomic E-state index is -4.87. The van der Waals surface area contributed by atoms with Gasteiger partial charge in [-0.25, -0.2) is 4.68 Å². The first-order valence-corrected chi connectivity index (χ1v) is 10.1. The second-order valence-electron chi connectivity index (χ2n) is 7.42. The number of carboxylic acids is 1. The number of carboxylic acid groups (broad SMARTS) is 1. The number of ether oxygens (including phenoxy) is 2. The van der Waals surface area contributed by atoms with Crippen LogP contribution in [0.2, 0.25) is 0 Å². The Labute approximate surface area is 182 Å². The van der Waals surface area contributed by atoms with Crippen LogP contribution in [0.15, 0.2) is 35.3 Å². The van der Waals surface area contributed by atoms with Crippen LogP contribution in [0, 0.1) is 0 Å². The second kappa shape index (κ2) is 10.0. The van der Waals surface area contributed by atoms with Crippen LogP contribution in [0.3, 0.4) is 0 Å². The Kier molecular flexibility index (Phi) is 7.39. The monoisotopic (exact) mass is 455 g/mol. The van der Waals surface area contributed by atoms with Crippen molar-refractivity contribution < 1.29 is 32.5 Å². The molecular weight excluding hydrogens is 431 g/mol. The van der Waals surface area contributed by atoms with Gasteiger partial charge in [-0.2, -0.15) is 18.3 Å². The third kappa shape index (κ3) is 5.58. The van der Waals surface area contributed by atoms with Crippen LogP contribution in [0.25, 0.3) is 0 Å². The molecule has 0 amide bonds. The van der Waals surface area contributed by atoms with Gasteiger partial charge in [0.25, 0.3) is 5.56 Å². The Hall–Kier alpha value is -3.08. The Balaban J connectivity index is 1.86. The Morgan fingerprint density at radius 2 is 2.00 bits per heavy atom. The summed E-state index contributed by atoms with van der Waals surface area (Å²) in [6, 6.07) is 6.21. The van der Waals surface area contributed by atoms with Crippen molar-refractivity contribution in [1.29, 1.82) is 0 Å². The number of aliphatic carboxylic acids is 1. The van der Waals surface area contributed by atoms with Crippen LogP contribution >= 0.6 is 0 Å². The average molecular weight is 455 g/mol. The molecule has 8 nitrogen and oxygen atoms in total. The molecule has 1 aromatic heterocycles. The zero-order valence-electron chi connectivity index (χ0n) is 17.5. The zero-order valence-corrected chi connectivity index (χ0v) is 17.5. The lowest BCUT2D eigenvalue weighted by molar-refractivity contribution is -0.139. The molecule has 0 bridgehead atoms. The van der Waals surface area contributed by atoms with Gasteiger partial charge in [0.05, 0.1) is 51.2 Å². The smallest absolute Gasteiger partial charge is 0.423 e. The molecule has 11 heteroatoms. The van der Waals surface area contributed by atoms with Crippen molar-refractivity contribution in [3.8, 4) is 5.75 Å². The van der Waals surface area contributed by atoms with E-state index >= 15 is 0 Å². The average Bonchev–Trinajstić information content (AvgIpc) is 3.20. The summed E-state index contributed by atoms with van der Waals surface area (Å²) in [6.45, 7) is 0.237. The Morgan fingerprint density at radius 3 is 2.62 bits per heavy atom. The molecule has 0 aliphatic carbocycles. The number of anilines is 1. The molecule has 1 saturated heterocycles. The van der Waals surface area contributed by atoms with E-state index in [2.05, 4.69) is 5.10 Å². The molecule has 1 N–H and O–H groups in total. The van der Waals surface area contributed by atoms with E-state index in [1.165, 1.54) is 12.0 Å². The predicted molar refractivity (Wildman–Crippen MR) is 109 cm³/mol. The number of hydrogen-bond donors (Lipinski definition) is 1. The van der Waals surface area contributed by atoms with E-state index < -0.39 is 29.3 Å². The molecule has 1 aromatic carbocycles. The highest BCUT2D eigenvalue weighted by atomic mass is 19.4. The Bertz CT molecular complexity index is 992. The van der Waals surface area contributed by atoms with Gasteiger partial charge in [-0.15, -0.1) is 0 Å². The SMILES string of the molecule is COc1ccc(Cn2ncc(N3CCC[C@@H]3COCCC(=O)O)c(C(F)(F)F)c2=O)cc1. The van der Waals surface area contributed by atoms with E-state index in [1.54, 1.807) is 24.3 Å². The molecule has 1 aliphatic heterocycles. The van der Waals surface area contributed by atoms with Gasteiger partial charge < -0.3 is 19.5 Å². The third-order valence-corrected chi connectivity index (χ3v) is 5.26. The standard InChI is InChI=1S/C21H24F3N3O5/c1-31-16-6-4-14(5-7-16)12-27-20(30)19(21(22,23)24)17(11-25-27)26-9-2-3-15(26)13-32-10-8-18(28)29/h4-7,11,15H,2-3,8-10,12-13H2,1H3,(H,28,29)/t15-/m1/s1. The number of rotatable bonds is 9. The molecule has 1 aliphatic rings. The predicted octanol–water partition coefficient (Wildman–Crippen LogP) is 2.78. The van der Waals surface area contributed by atoms with Crippen LogP contribution in [0.4, 0.5) is 18.9 Å². The largest absolute Gasteiger partial charge is 0.497 e. The lowest BCUT2D eigenvalue weighted by atomic mass is 10.1. The summed E-state index contributed by atoms with van der Waals surface area (Å²) in [5.41, 5.74) is -2.16. The summed E-state index contributed by atoms with van der Waals surface area (Å²) < 4.78 is 53.0. The molecule has 32 heavy (non-hydrogen) atoms. The van der Waals surface area contributed by atoms with Crippen LogP contribution in [0.1, 0.15) is 30.4 Å². The second-order valence-corrected chi connectivity index (χ2v) is 7.42. The van der Waals surface area contributed by atoms with E-state index in [0.717, 1.165) is 10.9 Å². The van der Waals surface area contributed by atoms with Crippen LogP contribution in [-0.4, -0.2) is 53.8 Å². The molecule has 0 spiro atoms. The minimum Gasteiger partial charge on any atom is -0.497 e. The van der Waals surface area contributed by atoms with Gasteiger partial charge in [-0.05, 0) is 30.5 Å². The molecular formula is C21H24F3N3O5. The number of methoxy groups -OCH3 is 1. The van der Waals surface area contributed by atoms with E-state index in [1.807, 2.05) is 0 Å². The molecule has 0 saturated carbocycles. The van der Waals surface area contributed by atoms with E-state index in [4.69, 9.17) is 14.6 Å². The maximum absolute atomic E-state index is 13.9. The van der Waals surface area contributed by atoms with Crippen LogP contribution in [0.5, 0.6) is 5.75 Å². The normalized spacial score (nSPS) is 16.4. The fourth-order valence-electron chi connectivity index (χ4n) is 3.69. The molecule has 1 atom stereocenters. The lowest BCUT2D eigenvalue weighted by Crippen LogP contribution is -2.39. The quantitative estimate of drug-likeness (QED) is 0.581. The van der Waals surface area contributed by atoms with Gasteiger partial charge in [0.2, 0.25) is 0 Å². The number of alkyl halides is 3. The third-order valence-electron chi connectivity index (χ3n) is 5.26. The van der Waals surface area contributed by atoms with Crippen molar-refractivity contribution in [2.24, 2.45) is 0 Å². The topological polar surface area (TPSA) is 93.9 Å². The first kappa shape index (κ1) is 23.6. The molecule has 2 aromatic rings. The van der Waals surface area contributed by atoms with E-state index in [-0.39, 0.29) is 31.9 Å². The summed E-state index contributed by atoms with van der Waals surface area (Å²) >= 11 is 0. The fourth-order valence-corrected chi connectivity index (χ4v) is 3.69. The molecule has 0 radical (unpaired) electrons. The molecule has 1 fully saturated rings. The maximum Gasteiger partial charge on any atom is 0.423 e. The number of aromatic nitrogens is 2. The van der Waals surface area contributed by atoms with Gasteiger partial charge in [0.15, 0.2) is 0 Å². The minimum absolute atomic E-state index is 0.0342. The maximum atomic E-state index is 13.9. The molecule has 3 rings (SSSR count). The number of benzene rings is 1. The number of nitrogens with zero attached hydrogens (tertiary/aromatic N) is 3. The zero-order chi connectivity index (χ0) is 23.3. The highest BCUT2D eigenvalue weighted by molar-refractivity contribution is 5.66. The van der Waals surface area contributed by atoms with Crippen molar-refractivity contribution >= 4 is 11.7 Å². The molecule has 2 heterocycles. The van der Waals surface area contributed by atoms with Crippen molar-refractivity contribution in [2.75, 3.05) is 31.8 Å².